The fourth-order valence-corrected chi connectivity index (χ4v) is 3.66. The number of carboxylic acids is 1. The fourth-order valence-electron chi connectivity index (χ4n) is 3.66. The number of carbonyl (C=O) groups is 2. The largest absolute Gasteiger partial charge is 0.478 e. The number of rotatable bonds is 3. The van der Waals surface area contributed by atoms with Gasteiger partial charge in [-0.3, -0.25) is 9.48 Å². The summed E-state index contributed by atoms with van der Waals surface area (Å²) in [6, 6.07) is 4.03. The summed E-state index contributed by atoms with van der Waals surface area (Å²) in [7, 11) is 0. The van der Waals surface area contributed by atoms with Gasteiger partial charge in [-0.25, -0.2) is 9.78 Å². The van der Waals surface area contributed by atoms with Gasteiger partial charge in [0.2, 0.25) is 0 Å². The number of fused-ring (bicyclic) bond motifs is 1. The molecular weight excluding hydrogens is 346 g/mol. The molecule has 0 unspecified atom stereocenters. The number of nitrogens with zero attached hydrogens (tertiary/aromatic N) is 5. The molecule has 0 radical (unpaired) electrons. The van der Waals surface area contributed by atoms with Gasteiger partial charge in [0.15, 0.2) is 0 Å². The molecular formula is C19H21N5O3. The first-order valence-corrected chi connectivity index (χ1v) is 8.96. The smallest absolute Gasteiger partial charge is 0.339 e. The maximum atomic E-state index is 12.8. The first-order valence-electron chi connectivity index (χ1n) is 8.96. The second-order valence-electron chi connectivity index (χ2n) is 7.01. The Labute approximate surface area is 156 Å². The first-order chi connectivity index (χ1) is 12.9. The summed E-state index contributed by atoms with van der Waals surface area (Å²) >= 11 is 0. The van der Waals surface area contributed by atoms with Gasteiger partial charge in [-0.2, -0.15) is 5.10 Å². The van der Waals surface area contributed by atoms with E-state index in [-0.39, 0.29) is 17.5 Å². The van der Waals surface area contributed by atoms with E-state index >= 15 is 0 Å². The molecule has 1 amide bonds. The number of piperidine rings is 1. The lowest BCUT2D eigenvalue weighted by Gasteiger charge is -2.32. The van der Waals surface area contributed by atoms with E-state index in [0.717, 1.165) is 24.1 Å². The van der Waals surface area contributed by atoms with Gasteiger partial charge in [-0.1, -0.05) is 0 Å². The second kappa shape index (κ2) is 6.53. The highest BCUT2D eigenvalue weighted by atomic mass is 16.4. The normalized spacial score (nSPS) is 15.4. The molecule has 1 aliphatic heterocycles. The number of aryl methyl sites for hydroxylation is 1. The van der Waals surface area contributed by atoms with Crippen molar-refractivity contribution in [2.24, 2.45) is 0 Å². The summed E-state index contributed by atoms with van der Waals surface area (Å²) in [5.74, 6) is -1.04. The molecule has 1 N–H and O–H groups in total. The van der Waals surface area contributed by atoms with Crippen molar-refractivity contribution in [2.75, 3.05) is 13.1 Å². The van der Waals surface area contributed by atoms with Crippen LogP contribution in [0.15, 0.2) is 30.7 Å². The minimum atomic E-state index is -0.964. The van der Waals surface area contributed by atoms with Crippen LogP contribution < -0.4 is 0 Å². The summed E-state index contributed by atoms with van der Waals surface area (Å²) < 4.78 is 3.63. The summed E-state index contributed by atoms with van der Waals surface area (Å²) in [6.07, 6.45) is 6.54. The Bertz CT molecular complexity index is 1030. The van der Waals surface area contributed by atoms with Crippen molar-refractivity contribution >= 4 is 17.5 Å². The Balaban J connectivity index is 1.46. The van der Waals surface area contributed by atoms with Gasteiger partial charge in [-0.15, -0.1) is 0 Å². The molecule has 0 aliphatic carbocycles. The van der Waals surface area contributed by atoms with Gasteiger partial charge in [0.25, 0.3) is 5.91 Å². The van der Waals surface area contributed by atoms with E-state index in [2.05, 4.69) is 10.1 Å². The summed E-state index contributed by atoms with van der Waals surface area (Å²) in [5, 5.41) is 13.4. The standard InChI is InChI=1S/C19H21N5O3/c1-12-3-6-23-11-16(21-17(23)9-12)18(25)22-7-4-14(5-8-22)24-13(2)15(10-20-24)19(26)27/h3,6,9-11,14H,4-5,7-8H2,1-2H3,(H,26,27). The van der Waals surface area contributed by atoms with E-state index in [1.807, 2.05) is 34.6 Å². The maximum absolute atomic E-state index is 12.8. The molecule has 4 heterocycles. The molecule has 0 bridgehead atoms. The van der Waals surface area contributed by atoms with Crippen molar-refractivity contribution < 1.29 is 14.7 Å². The maximum Gasteiger partial charge on any atom is 0.339 e. The SMILES string of the molecule is Cc1ccn2cc(C(=O)N3CCC(n4ncc(C(=O)O)c4C)CC3)nc2c1. The van der Waals surface area contributed by atoms with Gasteiger partial charge < -0.3 is 14.4 Å². The van der Waals surface area contributed by atoms with Gasteiger partial charge in [0.05, 0.1) is 17.9 Å². The van der Waals surface area contributed by atoms with Crippen LogP contribution in [0.1, 0.15) is 51.0 Å². The van der Waals surface area contributed by atoms with E-state index in [0.29, 0.717) is 24.5 Å². The van der Waals surface area contributed by atoms with Crippen molar-refractivity contribution in [3.63, 3.8) is 0 Å². The molecule has 1 fully saturated rings. The number of likely N-dealkylation sites (tertiary alicyclic amines) is 1. The van der Waals surface area contributed by atoms with Crippen LogP contribution in [0.4, 0.5) is 0 Å². The number of carboxylic acid groups (broad SMARTS) is 1. The van der Waals surface area contributed by atoms with Crippen molar-refractivity contribution in [1.29, 1.82) is 0 Å². The minimum Gasteiger partial charge on any atom is -0.478 e. The molecule has 27 heavy (non-hydrogen) atoms. The van der Waals surface area contributed by atoms with Crippen LogP contribution in [0.5, 0.6) is 0 Å². The van der Waals surface area contributed by atoms with Gasteiger partial charge >= 0.3 is 5.97 Å². The Kier molecular flexibility index (Phi) is 4.18. The van der Waals surface area contributed by atoms with Crippen molar-refractivity contribution in [3.8, 4) is 0 Å². The highest BCUT2D eigenvalue weighted by Gasteiger charge is 2.28. The van der Waals surface area contributed by atoms with Crippen molar-refractivity contribution in [2.45, 2.75) is 32.7 Å². The molecule has 3 aromatic heterocycles. The Morgan fingerprint density at radius 2 is 1.96 bits per heavy atom. The number of hydrogen-bond acceptors (Lipinski definition) is 4. The average molecular weight is 367 g/mol. The number of pyridine rings is 1. The average Bonchev–Trinajstić information content (AvgIpc) is 3.24. The number of aromatic nitrogens is 4. The molecule has 0 saturated carbocycles. The molecule has 0 spiro atoms. The third-order valence-corrected chi connectivity index (χ3v) is 5.21. The number of hydrogen-bond donors (Lipinski definition) is 1. The van der Waals surface area contributed by atoms with E-state index in [9.17, 15) is 14.7 Å². The summed E-state index contributed by atoms with van der Waals surface area (Å²) in [5.41, 5.74) is 3.20. The zero-order chi connectivity index (χ0) is 19.1. The number of imidazole rings is 1. The van der Waals surface area contributed by atoms with Gasteiger partial charge in [0, 0.05) is 25.5 Å². The number of aromatic carboxylic acids is 1. The Hall–Kier alpha value is -3.16. The Morgan fingerprint density at radius 1 is 1.22 bits per heavy atom. The molecule has 0 atom stereocenters. The van der Waals surface area contributed by atoms with E-state index in [4.69, 9.17) is 0 Å². The van der Waals surface area contributed by atoms with E-state index in [1.165, 1.54) is 6.20 Å². The van der Waals surface area contributed by atoms with Gasteiger partial charge in [0.1, 0.15) is 16.9 Å². The first kappa shape index (κ1) is 17.3. The third-order valence-electron chi connectivity index (χ3n) is 5.21. The van der Waals surface area contributed by atoms with Crippen molar-refractivity contribution in [1.82, 2.24) is 24.1 Å². The van der Waals surface area contributed by atoms with E-state index in [1.54, 1.807) is 17.8 Å². The molecule has 1 aliphatic rings. The Morgan fingerprint density at radius 3 is 2.63 bits per heavy atom. The molecule has 3 aromatic rings. The molecule has 1 saturated heterocycles. The highest BCUT2D eigenvalue weighted by molar-refractivity contribution is 5.93. The van der Waals surface area contributed by atoms with Crippen LogP contribution in [0.25, 0.3) is 5.65 Å². The second-order valence-corrected chi connectivity index (χ2v) is 7.01. The van der Waals surface area contributed by atoms with Crippen LogP contribution >= 0.6 is 0 Å². The lowest BCUT2D eigenvalue weighted by molar-refractivity contribution is 0.0683. The molecule has 0 aromatic carbocycles. The predicted octanol–water partition coefficient (Wildman–Crippen LogP) is 2.32. The highest BCUT2D eigenvalue weighted by Crippen LogP contribution is 2.25. The topological polar surface area (TPSA) is 92.7 Å². The zero-order valence-electron chi connectivity index (χ0n) is 15.3. The van der Waals surface area contributed by atoms with Crippen LogP contribution in [-0.2, 0) is 0 Å². The van der Waals surface area contributed by atoms with Crippen LogP contribution in [0.2, 0.25) is 0 Å². The molecule has 4 rings (SSSR count). The summed E-state index contributed by atoms with van der Waals surface area (Å²) in [4.78, 5) is 30.3. The van der Waals surface area contributed by atoms with Crippen LogP contribution in [0, 0.1) is 13.8 Å². The monoisotopic (exact) mass is 367 g/mol. The predicted molar refractivity (Wildman–Crippen MR) is 98.0 cm³/mol. The minimum absolute atomic E-state index is 0.0711. The molecule has 8 nitrogen and oxygen atoms in total. The summed E-state index contributed by atoms with van der Waals surface area (Å²) in [6.45, 7) is 4.96. The number of carbonyl (C=O) groups excluding carboxylic acids is 1. The zero-order valence-corrected chi connectivity index (χ0v) is 15.3. The number of amides is 1. The quantitative estimate of drug-likeness (QED) is 0.767. The van der Waals surface area contributed by atoms with Crippen molar-refractivity contribution in [3.05, 3.63) is 53.2 Å². The molecule has 140 valence electrons. The fraction of sp³-hybridized carbons (Fsp3) is 0.368. The lowest BCUT2D eigenvalue weighted by atomic mass is 10.0. The lowest BCUT2D eigenvalue weighted by Crippen LogP contribution is -2.39. The third kappa shape index (κ3) is 3.07. The van der Waals surface area contributed by atoms with Gasteiger partial charge in [-0.05, 0) is 44.4 Å². The van der Waals surface area contributed by atoms with Crippen LogP contribution in [0.3, 0.4) is 0 Å². The van der Waals surface area contributed by atoms with Crippen LogP contribution in [-0.4, -0.2) is 54.1 Å². The van der Waals surface area contributed by atoms with E-state index < -0.39 is 5.97 Å². The molecule has 8 heteroatoms.